The predicted molar refractivity (Wildman–Crippen MR) is 129 cm³/mol. The summed E-state index contributed by atoms with van der Waals surface area (Å²) in [7, 11) is 3.21. The second kappa shape index (κ2) is 10.3. The summed E-state index contributed by atoms with van der Waals surface area (Å²) in [4.78, 5) is 27.4. The molecule has 1 heterocycles. The summed E-state index contributed by atoms with van der Waals surface area (Å²) in [5.74, 6) is 1.83. The van der Waals surface area contributed by atoms with Gasteiger partial charge in [-0.2, -0.15) is 0 Å². The molecule has 176 valence electrons. The highest BCUT2D eigenvalue weighted by atomic mass is 16.5. The van der Waals surface area contributed by atoms with Gasteiger partial charge in [-0.1, -0.05) is 30.3 Å². The van der Waals surface area contributed by atoms with E-state index in [2.05, 4.69) is 5.32 Å². The van der Waals surface area contributed by atoms with Gasteiger partial charge < -0.3 is 24.4 Å². The molecular weight excluding hydrogens is 432 g/mol. The molecule has 0 saturated heterocycles. The largest absolute Gasteiger partial charge is 0.497 e. The van der Waals surface area contributed by atoms with Crippen molar-refractivity contribution in [2.75, 3.05) is 19.5 Å². The molecule has 7 nitrogen and oxygen atoms in total. The lowest BCUT2D eigenvalue weighted by Gasteiger charge is -2.23. The van der Waals surface area contributed by atoms with Gasteiger partial charge in [0.2, 0.25) is 5.91 Å². The smallest absolute Gasteiger partial charge is 0.263 e. The number of nitrogens with zero attached hydrogens (tertiary/aromatic N) is 1. The van der Waals surface area contributed by atoms with E-state index in [1.165, 1.54) is 0 Å². The van der Waals surface area contributed by atoms with E-state index in [0.29, 0.717) is 30.3 Å². The zero-order valence-electron chi connectivity index (χ0n) is 19.5. The molecule has 3 aromatic carbocycles. The SMILES string of the molecule is COc1cccc(CC(=O)Nc2ccc3c(c2)CN(Cc2ccccc2OC)C(=O)[C@@H](C)O3)c1. The highest BCUT2D eigenvalue weighted by molar-refractivity contribution is 5.92. The highest BCUT2D eigenvalue weighted by Gasteiger charge is 2.28. The van der Waals surface area contributed by atoms with Crippen molar-refractivity contribution in [1.82, 2.24) is 4.90 Å². The van der Waals surface area contributed by atoms with Crippen LogP contribution in [0.15, 0.2) is 66.7 Å². The summed E-state index contributed by atoms with van der Waals surface area (Å²) in [6, 6.07) is 20.5. The third-order valence-corrected chi connectivity index (χ3v) is 5.72. The first-order valence-corrected chi connectivity index (χ1v) is 11.1. The van der Waals surface area contributed by atoms with Crippen molar-refractivity contribution in [3.8, 4) is 17.2 Å². The van der Waals surface area contributed by atoms with Crippen molar-refractivity contribution in [1.29, 1.82) is 0 Å². The Labute approximate surface area is 199 Å². The number of anilines is 1. The molecule has 1 atom stereocenters. The fraction of sp³-hybridized carbons (Fsp3) is 0.259. The quantitative estimate of drug-likeness (QED) is 0.572. The Morgan fingerprint density at radius 2 is 1.88 bits per heavy atom. The number of fused-ring (bicyclic) bond motifs is 1. The predicted octanol–water partition coefficient (Wildman–Crippen LogP) is 4.19. The highest BCUT2D eigenvalue weighted by Crippen LogP contribution is 2.30. The van der Waals surface area contributed by atoms with Crippen molar-refractivity contribution < 1.29 is 23.8 Å². The van der Waals surface area contributed by atoms with Crippen molar-refractivity contribution in [2.24, 2.45) is 0 Å². The van der Waals surface area contributed by atoms with Crippen LogP contribution < -0.4 is 19.5 Å². The standard InChI is InChI=1S/C27H28N2O5/c1-18-27(31)29(16-20-8-4-5-10-24(20)33-3)17-21-15-22(11-12-25(21)34-18)28-26(30)14-19-7-6-9-23(13-19)32-2/h4-13,15,18H,14,16-17H2,1-3H3,(H,28,30)/t18-/m1/s1. The first kappa shape index (κ1) is 23.2. The molecule has 0 fully saturated rings. The van der Waals surface area contributed by atoms with Crippen molar-refractivity contribution in [3.05, 3.63) is 83.4 Å². The lowest BCUT2D eigenvalue weighted by Crippen LogP contribution is -2.37. The maximum atomic E-state index is 13.0. The molecule has 7 heteroatoms. The van der Waals surface area contributed by atoms with E-state index in [1.807, 2.05) is 54.6 Å². The lowest BCUT2D eigenvalue weighted by molar-refractivity contribution is -0.138. The van der Waals surface area contributed by atoms with Crippen LogP contribution in [0.2, 0.25) is 0 Å². The number of methoxy groups -OCH3 is 2. The van der Waals surface area contributed by atoms with Crippen LogP contribution in [0.1, 0.15) is 23.6 Å². The molecule has 1 N–H and O–H groups in total. The van der Waals surface area contributed by atoms with Gasteiger partial charge >= 0.3 is 0 Å². The summed E-state index contributed by atoms with van der Waals surface area (Å²) in [5, 5.41) is 2.94. The average Bonchev–Trinajstić information content (AvgIpc) is 2.95. The molecule has 3 aromatic rings. The van der Waals surface area contributed by atoms with Gasteiger partial charge in [0.15, 0.2) is 6.10 Å². The van der Waals surface area contributed by atoms with Gasteiger partial charge in [-0.25, -0.2) is 0 Å². The number of hydrogen-bond acceptors (Lipinski definition) is 5. The van der Waals surface area contributed by atoms with Gasteiger partial charge in [0.1, 0.15) is 17.2 Å². The topological polar surface area (TPSA) is 77.1 Å². The molecule has 4 rings (SSSR count). The Morgan fingerprint density at radius 3 is 2.68 bits per heavy atom. The number of carbonyl (C=O) groups excluding carboxylic acids is 2. The number of benzene rings is 3. The summed E-state index contributed by atoms with van der Waals surface area (Å²) in [6.45, 7) is 2.50. The Hall–Kier alpha value is -4.00. The molecule has 0 unspecified atom stereocenters. The minimum Gasteiger partial charge on any atom is -0.497 e. The number of amides is 2. The molecule has 0 spiro atoms. The second-order valence-electron chi connectivity index (χ2n) is 8.17. The maximum absolute atomic E-state index is 13.0. The minimum absolute atomic E-state index is 0.106. The van der Waals surface area contributed by atoms with Crippen LogP contribution in [0.3, 0.4) is 0 Å². The normalized spacial score (nSPS) is 15.1. The summed E-state index contributed by atoms with van der Waals surface area (Å²) in [5.41, 5.74) is 3.25. The van der Waals surface area contributed by atoms with Crippen LogP contribution in [0.25, 0.3) is 0 Å². The Morgan fingerprint density at radius 1 is 1.06 bits per heavy atom. The third-order valence-electron chi connectivity index (χ3n) is 5.72. The van der Waals surface area contributed by atoms with Gasteiger partial charge in [-0.05, 0) is 48.9 Å². The van der Waals surface area contributed by atoms with Gasteiger partial charge in [-0.3, -0.25) is 9.59 Å². The number of rotatable bonds is 7. The lowest BCUT2D eigenvalue weighted by atomic mass is 10.1. The van der Waals surface area contributed by atoms with Crippen LogP contribution in [0.4, 0.5) is 5.69 Å². The van der Waals surface area contributed by atoms with Crippen LogP contribution >= 0.6 is 0 Å². The zero-order chi connectivity index (χ0) is 24.1. The zero-order valence-corrected chi connectivity index (χ0v) is 19.5. The fourth-order valence-electron chi connectivity index (χ4n) is 4.02. The van der Waals surface area contributed by atoms with E-state index in [-0.39, 0.29) is 18.2 Å². The summed E-state index contributed by atoms with van der Waals surface area (Å²) in [6.07, 6.45) is -0.398. The number of hydrogen-bond donors (Lipinski definition) is 1. The number of carbonyl (C=O) groups is 2. The number of ether oxygens (including phenoxy) is 3. The van der Waals surface area contributed by atoms with E-state index in [9.17, 15) is 9.59 Å². The molecule has 1 aliphatic heterocycles. The van der Waals surface area contributed by atoms with Crippen molar-refractivity contribution in [3.63, 3.8) is 0 Å². The van der Waals surface area contributed by atoms with Gasteiger partial charge in [0.05, 0.1) is 20.6 Å². The molecule has 34 heavy (non-hydrogen) atoms. The van der Waals surface area contributed by atoms with Crippen molar-refractivity contribution in [2.45, 2.75) is 32.5 Å². The first-order valence-electron chi connectivity index (χ1n) is 11.1. The van der Waals surface area contributed by atoms with Crippen LogP contribution in [-0.4, -0.2) is 37.0 Å². The molecule has 1 aliphatic rings. The maximum Gasteiger partial charge on any atom is 0.263 e. The molecule has 2 amide bonds. The van der Waals surface area contributed by atoms with Crippen LogP contribution in [-0.2, 0) is 29.1 Å². The van der Waals surface area contributed by atoms with Crippen LogP contribution in [0.5, 0.6) is 17.2 Å². The molecule has 0 aliphatic carbocycles. The van der Waals surface area contributed by atoms with Crippen molar-refractivity contribution >= 4 is 17.5 Å². The Balaban J connectivity index is 1.51. The molecule has 0 radical (unpaired) electrons. The minimum atomic E-state index is -0.621. The second-order valence-corrected chi connectivity index (χ2v) is 8.17. The van der Waals surface area contributed by atoms with E-state index in [1.54, 1.807) is 38.2 Å². The monoisotopic (exact) mass is 460 g/mol. The molecule has 0 saturated carbocycles. The molecular formula is C27H28N2O5. The fourth-order valence-corrected chi connectivity index (χ4v) is 4.02. The molecule has 0 bridgehead atoms. The van der Waals surface area contributed by atoms with E-state index in [4.69, 9.17) is 14.2 Å². The van der Waals surface area contributed by atoms with E-state index >= 15 is 0 Å². The number of nitrogens with one attached hydrogen (secondary N) is 1. The van der Waals surface area contributed by atoms with Gasteiger partial charge in [-0.15, -0.1) is 0 Å². The Kier molecular flexibility index (Phi) is 7.01. The summed E-state index contributed by atoms with van der Waals surface area (Å²) < 4.78 is 16.6. The number of para-hydroxylation sites is 1. The first-order chi connectivity index (χ1) is 16.5. The average molecular weight is 461 g/mol. The van der Waals surface area contributed by atoms with Gasteiger partial charge in [0.25, 0.3) is 5.91 Å². The Bertz CT molecular complexity index is 1190. The van der Waals surface area contributed by atoms with Crippen LogP contribution in [0, 0.1) is 0 Å². The van der Waals surface area contributed by atoms with E-state index < -0.39 is 6.10 Å². The van der Waals surface area contributed by atoms with E-state index in [0.717, 1.165) is 22.4 Å². The summed E-state index contributed by atoms with van der Waals surface area (Å²) >= 11 is 0. The third kappa shape index (κ3) is 5.31. The van der Waals surface area contributed by atoms with Gasteiger partial charge in [0, 0.05) is 29.9 Å². The molecule has 0 aromatic heterocycles.